The van der Waals surface area contributed by atoms with Crippen molar-refractivity contribution in [3.8, 4) is 5.75 Å². The molecule has 4 rings (SSSR count). The number of pyridine rings is 1. The third-order valence-corrected chi connectivity index (χ3v) is 6.42. The van der Waals surface area contributed by atoms with E-state index in [-0.39, 0.29) is 0 Å². The Kier molecular flexibility index (Phi) is 4.09. The number of methoxy groups -OCH3 is 1. The van der Waals surface area contributed by atoms with Crippen molar-refractivity contribution in [3.05, 3.63) is 46.7 Å². The second kappa shape index (κ2) is 6.28. The number of hydrogen-bond donors (Lipinski definition) is 0. The number of aromatic nitrogens is 3. The predicted molar refractivity (Wildman–Crippen MR) is 104 cm³/mol. The smallest absolute Gasteiger partial charge is 0.128 e. The van der Waals surface area contributed by atoms with Crippen molar-refractivity contribution in [2.45, 2.75) is 30.7 Å². The van der Waals surface area contributed by atoms with E-state index in [1.165, 1.54) is 10.4 Å². The molecule has 0 N–H and O–H groups in total. The van der Waals surface area contributed by atoms with Crippen LogP contribution in [0.5, 0.6) is 5.75 Å². The second-order valence-corrected chi connectivity index (χ2v) is 8.12. The van der Waals surface area contributed by atoms with Gasteiger partial charge in [-0.15, -0.1) is 11.3 Å². The SMILES string of the molecule is COc1ccc2nc(C)cc(Sc3ncnc4sc(C)c(C)c34)c2c1. The van der Waals surface area contributed by atoms with Gasteiger partial charge in [-0.1, -0.05) is 11.8 Å². The Morgan fingerprint density at radius 1 is 1.08 bits per heavy atom. The number of benzene rings is 1. The molecular weight excluding hydrogens is 350 g/mol. The van der Waals surface area contributed by atoms with Crippen LogP contribution in [0.3, 0.4) is 0 Å². The van der Waals surface area contributed by atoms with Gasteiger partial charge in [0.15, 0.2) is 0 Å². The maximum atomic E-state index is 5.39. The zero-order valence-corrected chi connectivity index (χ0v) is 16.1. The fraction of sp³-hybridized carbons (Fsp3) is 0.211. The Bertz CT molecular complexity index is 1100. The fourth-order valence-electron chi connectivity index (χ4n) is 2.84. The molecule has 0 spiro atoms. The fourth-order valence-corrected chi connectivity index (χ4v) is 5.07. The molecule has 0 bridgehead atoms. The molecule has 4 aromatic rings. The molecule has 0 unspecified atom stereocenters. The minimum Gasteiger partial charge on any atom is -0.497 e. The summed E-state index contributed by atoms with van der Waals surface area (Å²) >= 11 is 3.39. The lowest BCUT2D eigenvalue weighted by molar-refractivity contribution is 0.415. The van der Waals surface area contributed by atoms with Crippen molar-refractivity contribution in [1.82, 2.24) is 15.0 Å². The van der Waals surface area contributed by atoms with Gasteiger partial charge in [0.1, 0.15) is 21.9 Å². The molecule has 0 amide bonds. The van der Waals surface area contributed by atoms with Crippen LogP contribution >= 0.6 is 23.1 Å². The molecule has 25 heavy (non-hydrogen) atoms. The maximum absolute atomic E-state index is 5.39. The molecule has 3 heterocycles. The van der Waals surface area contributed by atoms with E-state index in [2.05, 4.69) is 34.9 Å². The van der Waals surface area contributed by atoms with Crippen molar-refractivity contribution in [1.29, 1.82) is 0 Å². The molecule has 3 aromatic heterocycles. The van der Waals surface area contributed by atoms with Crippen molar-refractivity contribution in [2.75, 3.05) is 7.11 Å². The van der Waals surface area contributed by atoms with E-state index in [0.717, 1.165) is 42.5 Å². The van der Waals surface area contributed by atoms with Crippen molar-refractivity contribution in [3.63, 3.8) is 0 Å². The highest BCUT2D eigenvalue weighted by molar-refractivity contribution is 7.99. The van der Waals surface area contributed by atoms with E-state index >= 15 is 0 Å². The molecule has 0 aliphatic carbocycles. The van der Waals surface area contributed by atoms with E-state index in [9.17, 15) is 0 Å². The van der Waals surface area contributed by atoms with Crippen LogP contribution in [0.2, 0.25) is 0 Å². The van der Waals surface area contributed by atoms with Crippen molar-refractivity contribution >= 4 is 44.2 Å². The van der Waals surface area contributed by atoms with Gasteiger partial charge >= 0.3 is 0 Å². The second-order valence-electron chi connectivity index (χ2n) is 5.89. The van der Waals surface area contributed by atoms with Crippen LogP contribution in [0.4, 0.5) is 0 Å². The summed E-state index contributed by atoms with van der Waals surface area (Å²) in [6.07, 6.45) is 1.65. The number of fused-ring (bicyclic) bond motifs is 2. The van der Waals surface area contributed by atoms with E-state index in [1.807, 2.05) is 25.1 Å². The summed E-state index contributed by atoms with van der Waals surface area (Å²) in [5.74, 6) is 0.829. The van der Waals surface area contributed by atoms with Crippen LogP contribution < -0.4 is 4.74 Å². The minimum atomic E-state index is 0.829. The van der Waals surface area contributed by atoms with Crippen LogP contribution in [0.25, 0.3) is 21.1 Å². The molecule has 0 saturated heterocycles. The van der Waals surface area contributed by atoms with Crippen molar-refractivity contribution < 1.29 is 4.74 Å². The highest BCUT2D eigenvalue weighted by atomic mass is 32.2. The first kappa shape index (κ1) is 16.3. The standard InChI is InChI=1S/C19H17N3OS2/c1-10-7-16(14-8-13(23-4)5-6-15(14)22-10)25-19-17-11(2)12(3)24-18(17)20-9-21-19/h5-9H,1-4H3. The number of ether oxygens (including phenoxy) is 1. The quantitative estimate of drug-likeness (QED) is 0.458. The lowest BCUT2D eigenvalue weighted by Crippen LogP contribution is -1.91. The Hall–Kier alpha value is -2.18. The third-order valence-electron chi connectivity index (χ3n) is 4.24. The molecule has 0 aliphatic rings. The van der Waals surface area contributed by atoms with Gasteiger partial charge in [0.25, 0.3) is 0 Å². The van der Waals surface area contributed by atoms with Crippen LogP contribution in [0, 0.1) is 20.8 Å². The number of nitrogens with zero attached hydrogens (tertiary/aromatic N) is 3. The Balaban J connectivity index is 1.91. The Morgan fingerprint density at radius 2 is 1.92 bits per heavy atom. The number of rotatable bonds is 3. The first-order chi connectivity index (χ1) is 12.1. The van der Waals surface area contributed by atoms with Gasteiger partial charge < -0.3 is 4.74 Å². The summed E-state index contributed by atoms with van der Waals surface area (Å²) in [4.78, 5) is 17.1. The van der Waals surface area contributed by atoms with Gasteiger partial charge in [0, 0.05) is 26.2 Å². The molecule has 4 nitrogen and oxygen atoms in total. The van der Waals surface area contributed by atoms with Crippen molar-refractivity contribution in [2.24, 2.45) is 0 Å². The maximum Gasteiger partial charge on any atom is 0.128 e. The molecule has 0 saturated carbocycles. The summed E-state index contributed by atoms with van der Waals surface area (Å²) in [6.45, 7) is 6.29. The first-order valence-electron chi connectivity index (χ1n) is 7.91. The molecule has 0 aliphatic heterocycles. The monoisotopic (exact) mass is 367 g/mol. The normalized spacial score (nSPS) is 11.4. The number of thiophene rings is 1. The van der Waals surface area contributed by atoms with Gasteiger partial charge in [-0.25, -0.2) is 9.97 Å². The van der Waals surface area contributed by atoms with E-state index in [0.29, 0.717) is 0 Å². The summed E-state index contributed by atoms with van der Waals surface area (Å²) in [5.41, 5.74) is 3.21. The van der Waals surface area contributed by atoms with Crippen LogP contribution in [0.15, 0.2) is 40.5 Å². The topological polar surface area (TPSA) is 47.9 Å². The average Bonchev–Trinajstić information content (AvgIpc) is 2.90. The molecular formula is C19H17N3OS2. The highest BCUT2D eigenvalue weighted by Crippen LogP contribution is 2.40. The predicted octanol–water partition coefficient (Wildman–Crippen LogP) is 5.32. The third kappa shape index (κ3) is 2.85. The molecule has 1 aromatic carbocycles. The molecule has 126 valence electrons. The highest BCUT2D eigenvalue weighted by Gasteiger charge is 2.15. The van der Waals surface area contributed by atoms with Gasteiger partial charge in [-0.2, -0.15) is 0 Å². The molecule has 0 fully saturated rings. The summed E-state index contributed by atoms with van der Waals surface area (Å²) in [7, 11) is 1.68. The molecule has 0 atom stereocenters. The van der Waals surface area contributed by atoms with Gasteiger partial charge in [0.2, 0.25) is 0 Å². The zero-order chi connectivity index (χ0) is 17.6. The van der Waals surface area contributed by atoms with Gasteiger partial charge in [-0.3, -0.25) is 4.98 Å². The van der Waals surface area contributed by atoms with E-state index in [4.69, 9.17) is 4.74 Å². The Morgan fingerprint density at radius 3 is 2.72 bits per heavy atom. The zero-order valence-electron chi connectivity index (χ0n) is 14.5. The molecule has 0 radical (unpaired) electrons. The summed E-state index contributed by atoms with van der Waals surface area (Å²) in [6, 6.07) is 8.09. The average molecular weight is 367 g/mol. The van der Waals surface area contributed by atoms with Crippen LogP contribution in [0.1, 0.15) is 16.1 Å². The van der Waals surface area contributed by atoms with E-state index < -0.39 is 0 Å². The summed E-state index contributed by atoms with van der Waals surface area (Å²) < 4.78 is 5.39. The Labute approximate surface area is 154 Å². The summed E-state index contributed by atoms with van der Waals surface area (Å²) in [5, 5.41) is 3.22. The van der Waals surface area contributed by atoms with Crippen LogP contribution in [-0.4, -0.2) is 22.1 Å². The van der Waals surface area contributed by atoms with Gasteiger partial charge in [0.05, 0.1) is 12.6 Å². The lowest BCUT2D eigenvalue weighted by atomic mass is 10.2. The molecule has 6 heteroatoms. The van der Waals surface area contributed by atoms with Gasteiger partial charge in [-0.05, 0) is 50.6 Å². The largest absolute Gasteiger partial charge is 0.497 e. The number of aryl methyl sites for hydroxylation is 3. The van der Waals surface area contributed by atoms with Crippen LogP contribution in [-0.2, 0) is 0 Å². The number of hydrogen-bond acceptors (Lipinski definition) is 6. The lowest BCUT2D eigenvalue weighted by Gasteiger charge is -2.09. The minimum absolute atomic E-state index is 0.829. The van der Waals surface area contributed by atoms with E-state index in [1.54, 1.807) is 36.5 Å². The first-order valence-corrected chi connectivity index (χ1v) is 9.54.